The smallest absolute Gasteiger partial charge is 0.327 e. The predicted octanol–water partition coefficient (Wildman–Crippen LogP) is 1.05. The van der Waals surface area contributed by atoms with Crippen molar-refractivity contribution in [2.45, 2.75) is 33.2 Å². The van der Waals surface area contributed by atoms with Gasteiger partial charge in [-0.15, -0.1) is 0 Å². The molecule has 0 spiro atoms. The number of rotatable bonds is 2. The summed E-state index contributed by atoms with van der Waals surface area (Å²) in [6.45, 7) is 8.26. The summed E-state index contributed by atoms with van der Waals surface area (Å²) in [6, 6.07) is 0. The van der Waals surface area contributed by atoms with E-state index in [0.29, 0.717) is 0 Å². The number of hydrogen-bond acceptors (Lipinski definition) is 2. The number of hydrogen-bond donors (Lipinski definition) is 1. The van der Waals surface area contributed by atoms with Gasteiger partial charge in [-0.2, -0.15) is 5.10 Å². The number of aromatic amines is 1. The SMILES string of the molecule is CB(OC(C)(C)C)c1cn[nH]c1. The summed E-state index contributed by atoms with van der Waals surface area (Å²) in [7, 11) is 0. The summed E-state index contributed by atoms with van der Waals surface area (Å²) < 4.78 is 5.72. The average molecular weight is 166 g/mol. The molecule has 1 heterocycles. The highest BCUT2D eigenvalue weighted by atomic mass is 16.5. The largest absolute Gasteiger partial charge is 0.427 e. The fourth-order valence-electron chi connectivity index (χ4n) is 1.08. The Labute approximate surface area is 73.6 Å². The Balaban J connectivity index is 2.56. The van der Waals surface area contributed by atoms with Crippen LogP contribution < -0.4 is 5.46 Å². The van der Waals surface area contributed by atoms with Gasteiger partial charge in [0.2, 0.25) is 0 Å². The zero-order chi connectivity index (χ0) is 9.19. The molecule has 0 aliphatic carbocycles. The molecular formula is C8H15BN2O. The third kappa shape index (κ3) is 2.70. The lowest BCUT2D eigenvalue weighted by molar-refractivity contribution is 0.134. The first-order valence-electron chi connectivity index (χ1n) is 4.15. The second-order valence-corrected chi connectivity index (χ2v) is 3.90. The maximum absolute atomic E-state index is 5.72. The Kier molecular flexibility index (Phi) is 2.57. The third-order valence-corrected chi connectivity index (χ3v) is 1.52. The van der Waals surface area contributed by atoms with Crippen LogP contribution in [0.1, 0.15) is 20.8 Å². The van der Waals surface area contributed by atoms with Crippen molar-refractivity contribution in [3.05, 3.63) is 12.4 Å². The quantitative estimate of drug-likeness (QED) is 0.666. The van der Waals surface area contributed by atoms with Crippen LogP contribution in [0.5, 0.6) is 0 Å². The first-order chi connectivity index (χ1) is 5.49. The maximum atomic E-state index is 5.72. The van der Waals surface area contributed by atoms with Gasteiger partial charge >= 0.3 is 6.92 Å². The Morgan fingerprint density at radius 1 is 1.50 bits per heavy atom. The number of nitrogens with zero attached hydrogens (tertiary/aromatic N) is 1. The van der Waals surface area contributed by atoms with E-state index >= 15 is 0 Å². The zero-order valence-corrected chi connectivity index (χ0v) is 8.09. The Morgan fingerprint density at radius 3 is 2.58 bits per heavy atom. The summed E-state index contributed by atoms with van der Waals surface area (Å²) in [5.41, 5.74) is 0.987. The van der Waals surface area contributed by atoms with E-state index < -0.39 is 0 Å². The predicted molar refractivity (Wildman–Crippen MR) is 50.7 cm³/mol. The minimum Gasteiger partial charge on any atom is -0.427 e. The van der Waals surface area contributed by atoms with Crippen LogP contribution in [-0.2, 0) is 4.65 Å². The molecule has 0 aliphatic heterocycles. The van der Waals surface area contributed by atoms with Crippen molar-refractivity contribution in [2.75, 3.05) is 0 Å². The van der Waals surface area contributed by atoms with E-state index in [4.69, 9.17) is 4.65 Å². The van der Waals surface area contributed by atoms with Crippen LogP contribution >= 0.6 is 0 Å². The van der Waals surface area contributed by atoms with E-state index in [1.807, 2.05) is 33.8 Å². The van der Waals surface area contributed by atoms with Crippen molar-refractivity contribution >= 4 is 12.4 Å². The van der Waals surface area contributed by atoms with Gasteiger partial charge in [-0.3, -0.25) is 5.10 Å². The zero-order valence-electron chi connectivity index (χ0n) is 8.09. The minimum atomic E-state index is -0.101. The number of aromatic nitrogens is 2. The van der Waals surface area contributed by atoms with Crippen LogP contribution in [0.3, 0.4) is 0 Å². The van der Waals surface area contributed by atoms with Crippen LogP contribution in [0.25, 0.3) is 0 Å². The molecule has 0 aliphatic rings. The van der Waals surface area contributed by atoms with Gasteiger partial charge in [0.15, 0.2) is 0 Å². The van der Waals surface area contributed by atoms with Crippen LogP contribution in [-0.4, -0.2) is 22.7 Å². The molecule has 0 unspecified atom stereocenters. The van der Waals surface area contributed by atoms with Gasteiger partial charge in [-0.05, 0) is 26.2 Å². The molecule has 1 rings (SSSR count). The van der Waals surface area contributed by atoms with Gasteiger partial charge < -0.3 is 4.65 Å². The topological polar surface area (TPSA) is 37.9 Å². The Morgan fingerprint density at radius 2 is 2.17 bits per heavy atom. The fourth-order valence-corrected chi connectivity index (χ4v) is 1.08. The number of nitrogens with one attached hydrogen (secondary N) is 1. The molecule has 1 N–H and O–H groups in total. The van der Waals surface area contributed by atoms with Crippen molar-refractivity contribution in [1.82, 2.24) is 10.2 Å². The molecule has 0 radical (unpaired) electrons. The molecule has 0 aromatic carbocycles. The molecular weight excluding hydrogens is 151 g/mol. The molecule has 1 aromatic heterocycles. The molecule has 66 valence electrons. The van der Waals surface area contributed by atoms with Gasteiger partial charge in [0.1, 0.15) is 0 Å². The molecule has 0 atom stereocenters. The summed E-state index contributed by atoms with van der Waals surface area (Å²) >= 11 is 0. The summed E-state index contributed by atoms with van der Waals surface area (Å²) in [5.74, 6) is 0. The molecule has 4 heteroatoms. The Hall–Kier alpha value is -0.765. The van der Waals surface area contributed by atoms with Crippen LogP contribution in [0, 0.1) is 0 Å². The van der Waals surface area contributed by atoms with Crippen molar-refractivity contribution in [3.8, 4) is 0 Å². The lowest BCUT2D eigenvalue weighted by atomic mass is 9.64. The minimum absolute atomic E-state index is 0.101. The molecule has 12 heavy (non-hydrogen) atoms. The van der Waals surface area contributed by atoms with Crippen LogP contribution in [0.15, 0.2) is 12.4 Å². The van der Waals surface area contributed by atoms with Crippen molar-refractivity contribution in [2.24, 2.45) is 0 Å². The summed E-state index contributed by atoms with van der Waals surface area (Å²) in [6.07, 6.45) is 3.65. The highest BCUT2D eigenvalue weighted by Gasteiger charge is 2.20. The van der Waals surface area contributed by atoms with E-state index in [-0.39, 0.29) is 12.5 Å². The van der Waals surface area contributed by atoms with Crippen LogP contribution in [0.2, 0.25) is 6.82 Å². The second kappa shape index (κ2) is 3.31. The molecule has 0 saturated carbocycles. The van der Waals surface area contributed by atoms with Gasteiger partial charge in [-0.1, -0.05) is 6.82 Å². The van der Waals surface area contributed by atoms with Crippen molar-refractivity contribution in [1.29, 1.82) is 0 Å². The fraction of sp³-hybridized carbons (Fsp3) is 0.625. The Bertz CT molecular complexity index is 228. The van der Waals surface area contributed by atoms with E-state index in [2.05, 4.69) is 10.2 Å². The standard InChI is InChI=1S/C8H15BN2O/c1-8(2,3)12-9(4)7-5-10-11-6-7/h5-6H,1-4H3,(H,10,11). The van der Waals surface area contributed by atoms with E-state index in [0.717, 1.165) is 5.46 Å². The lowest BCUT2D eigenvalue weighted by Crippen LogP contribution is -2.37. The molecule has 0 fully saturated rings. The molecule has 3 nitrogen and oxygen atoms in total. The maximum Gasteiger partial charge on any atom is 0.327 e. The van der Waals surface area contributed by atoms with Crippen molar-refractivity contribution < 1.29 is 4.65 Å². The normalized spacial score (nSPS) is 11.7. The van der Waals surface area contributed by atoms with Crippen LogP contribution in [0.4, 0.5) is 0 Å². The van der Waals surface area contributed by atoms with Gasteiger partial charge in [0.25, 0.3) is 0 Å². The van der Waals surface area contributed by atoms with Gasteiger partial charge in [0.05, 0.1) is 0 Å². The van der Waals surface area contributed by atoms with Gasteiger partial charge in [-0.25, -0.2) is 0 Å². The molecule has 1 aromatic rings. The molecule has 0 bridgehead atoms. The molecule has 0 amide bonds. The third-order valence-electron chi connectivity index (χ3n) is 1.52. The lowest BCUT2D eigenvalue weighted by Gasteiger charge is -2.23. The highest BCUT2D eigenvalue weighted by molar-refractivity contribution is 6.66. The second-order valence-electron chi connectivity index (χ2n) is 3.90. The summed E-state index contributed by atoms with van der Waals surface area (Å²) in [5, 5.41) is 6.63. The van der Waals surface area contributed by atoms with E-state index in [1.165, 1.54) is 0 Å². The highest BCUT2D eigenvalue weighted by Crippen LogP contribution is 2.08. The van der Waals surface area contributed by atoms with Gasteiger partial charge in [0, 0.05) is 18.0 Å². The first-order valence-corrected chi connectivity index (χ1v) is 4.15. The number of H-pyrrole nitrogens is 1. The monoisotopic (exact) mass is 166 g/mol. The molecule has 0 saturated heterocycles. The van der Waals surface area contributed by atoms with E-state index in [1.54, 1.807) is 6.20 Å². The average Bonchev–Trinajstić information content (AvgIpc) is 2.32. The van der Waals surface area contributed by atoms with Crippen molar-refractivity contribution in [3.63, 3.8) is 0 Å². The van der Waals surface area contributed by atoms with E-state index in [9.17, 15) is 0 Å². The first kappa shape index (κ1) is 9.32. The summed E-state index contributed by atoms with van der Waals surface area (Å²) in [4.78, 5) is 0.